The highest BCUT2D eigenvalue weighted by atomic mass is 19.4. The third kappa shape index (κ3) is 3.23. The van der Waals surface area contributed by atoms with Gasteiger partial charge in [0, 0.05) is 48.7 Å². The molecule has 5 rings (SSSR count). The maximum atomic E-state index is 13.2. The maximum Gasteiger partial charge on any atom is 0.419 e. The van der Waals surface area contributed by atoms with Crippen LogP contribution in [0.25, 0.3) is 11.3 Å². The Morgan fingerprint density at radius 2 is 1.93 bits per heavy atom. The van der Waals surface area contributed by atoms with Gasteiger partial charge in [-0.3, -0.25) is 14.6 Å². The number of hydrogen-bond donors (Lipinski definition) is 1. The second kappa shape index (κ2) is 6.80. The normalized spacial score (nSPS) is 21.4. The molecule has 2 aliphatic rings. The Hall–Kier alpha value is -2.94. The van der Waals surface area contributed by atoms with Crippen LogP contribution < -0.4 is 5.73 Å². The molecule has 9 heteroatoms. The number of anilines is 1. The Labute approximate surface area is 171 Å². The standard InChI is InChI=1S/C21H21F3N6/c22-21(23,24)16-9-14(11-27-19(16)25)17-10-18-20(5-8-30(18)28-17)4-7-29(13-20)12-15-3-1-2-6-26-15/h1-3,6,9-11H,4-5,7-8,12-13H2,(H2,25,27)/t20-/m1/s1. The Balaban J connectivity index is 1.41. The van der Waals surface area contributed by atoms with Crippen molar-refractivity contribution in [3.8, 4) is 11.3 Å². The minimum absolute atomic E-state index is 0.0197. The summed E-state index contributed by atoms with van der Waals surface area (Å²) in [6.07, 6.45) is 0.598. The lowest BCUT2D eigenvalue weighted by molar-refractivity contribution is -0.137. The number of halogens is 3. The van der Waals surface area contributed by atoms with Crippen molar-refractivity contribution in [2.75, 3.05) is 18.8 Å². The van der Waals surface area contributed by atoms with Crippen LogP contribution in [0.1, 0.15) is 29.8 Å². The summed E-state index contributed by atoms with van der Waals surface area (Å²) in [6, 6.07) is 8.87. The predicted molar refractivity (Wildman–Crippen MR) is 105 cm³/mol. The summed E-state index contributed by atoms with van der Waals surface area (Å²) >= 11 is 0. The van der Waals surface area contributed by atoms with Gasteiger partial charge in [-0.2, -0.15) is 18.3 Å². The van der Waals surface area contributed by atoms with Gasteiger partial charge in [-0.25, -0.2) is 4.98 Å². The van der Waals surface area contributed by atoms with Gasteiger partial charge in [0.25, 0.3) is 0 Å². The summed E-state index contributed by atoms with van der Waals surface area (Å²) < 4.78 is 41.6. The molecule has 1 spiro atoms. The summed E-state index contributed by atoms with van der Waals surface area (Å²) in [5, 5.41) is 4.58. The summed E-state index contributed by atoms with van der Waals surface area (Å²) in [4.78, 5) is 10.5. The van der Waals surface area contributed by atoms with Crippen molar-refractivity contribution < 1.29 is 13.2 Å². The number of hydrogen-bond acceptors (Lipinski definition) is 5. The molecule has 2 aliphatic heterocycles. The average Bonchev–Trinajstić information content (AvgIpc) is 3.39. The number of fused-ring (bicyclic) bond motifs is 2. The highest BCUT2D eigenvalue weighted by Crippen LogP contribution is 2.44. The first-order chi connectivity index (χ1) is 14.3. The third-order valence-electron chi connectivity index (χ3n) is 6.19. The zero-order valence-electron chi connectivity index (χ0n) is 16.2. The summed E-state index contributed by atoms with van der Waals surface area (Å²) in [7, 11) is 0. The topological polar surface area (TPSA) is 72.9 Å². The van der Waals surface area contributed by atoms with Crippen LogP contribution in [0, 0.1) is 0 Å². The zero-order valence-corrected chi connectivity index (χ0v) is 16.2. The molecule has 0 aromatic carbocycles. The molecule has 1 saturated heterocycles. The first-order valence-corrected chi connectivity index (χ1v) is 9.88. The van der Waals surface area contributed by atoms with Crippen molar-refractivity contribution in [3.05, 3.63) is 59.7 Å². The van der Waals surface area contributed by atoms with Crippen molar-refractivity contribution in [1.82, 2.24) is 24.6 Å². The van der Waals surface area contributed by atoms with E-state index < -0.39 is 17.6 Å². The fourth-order valence-corrected chi connectivity index (χ4v) is 4.67. The molecule has 1 fully saturated rings. The number of aryl methyl sites for hydroxylation is 1. The highest BCUT2D eigenvalue weighted by Gasteiger charge is 2.45. The van der Waals surface area contributed by atoms with E-state index in [0.717, 1.165) is 56.5 Å². The fourth-order valence-electron chi connectivity index (χ4n) is 4.67. The summed E-state index contributed by atoms with van der Waals surface area (Å²) in [6.45, 7) is 3.41. The monoisotopic (exact) mass is 414 g/mol. The van der Waals surface area contributed by atoms with E-state index in [4.69, 9.17) is 5.73 Å². The molecule has 0 saturated carbocycles. The first-order valence-electron chi connectivity index (χ1n) is 9.88. The van der Waals surface area contributed by atoms with E-state index in [1.807, 2.05) is 28.9 Å². The van der Waals surface area contributed by atoms with E-state index >= 15 is 0 Å². The Bertz CT molecular complexity index is 1080. The lowest BCUT2D eigenvalue weighted by Gasteiger charge is -2.23. The molecular weight excluding hydrogens is 393 g/mol. The summed E-state index contributed by atoms with van der Waals surface area (Å²) in [5.41, 5.74) is 7.45. The van der Waals surface area contributed by atoms with E-state index in [9.17, 15) is 13.2 Å². The third-order valence-corrected chi connectivity index (χ3v) is 6.19. The second-order valence-electron chi connectivity index (χ2n) is 8.10. The molecule has 0 bridgehead atoms. The van der Waals surface area contributed by atoms with Crippen LogP contribution in [0.3, 0.4) is 0 Å². The van der Waals surface area contributed by atoms with E-state index in [2.05, 4.69) is 20.0 Å². The second-order valence-corrected chi connectivity index (χ2v) is 8.10. The van der Waals surface area contributed by atoms with Crippen LogP contribution in [0.4, 0.5) is 19.0 Å². The van der Waals surface area contributed by atoms with Gasteiger partial charge in [-0.05, 0) is 43.7 Å². The first kappa shape index (κ1) is 19.0. The van der Waals surface area contributed by atoms with Crippen LogP contribution in [-0.2, 0) is 24.7 Å². The predicted octanol–water partition coefficient (Wildman–Crippen LogP) is 3.49. The van der Waals surface area contributed by atoms with Gasteiger partial charge in [-0.15, -0.1) is 0 Å². The largest absolute Gasteiger partial charge is 0.419 e. The van der Waals surface area contributed by atoms with Crippen LogP contribution in [0.5, 0.6) is 0 Å². The van der Waals surface area contributed by atoms with Gasteiger partial charge in [-0.1, -0.05) is 6.07 Å². The number of aromatic nitrogens is 4. The van der Waals surface area contributed by atoms with E-state index in [-0.39, 0.29) is 5.41 Å². The minimum atomic E-state index is -4.55. The molecular formula is C21H21F3N6. The van der Waals surface area contributed by atoms with Crippen LogP contribution in [0.15, 0.2) is 42.7 Å². The molecule has 5 heterocycles. The van der Waals surface area contributed by atoms with Crippen molar-refractivity contribution in [2.24, 2.45) is 0 Å². The SMILES string of the molecule is Nc1ncc(-c2cc3n(n2)CC[C@@]32CCN(Cc3ccccn3)C2)cc1C(F)(F)F. The molecule has 0 aliphatic carbocycles. The van der Waals surface area contributed by atoms with Gasteiger partial charge < -0.3 is 5.73 Å². The average molecular weight is 414 g/mol. The van der Waals surface area contributed by atoms with Crippen LogP contribution in [-0.4, -0.2) is 37.7 Å². The molecule has 0 unspecified atom stereocenters. The fraction of sp³-hybridized carbons (Fsp3) is 0.381. The number of pyridine rings is 2. The van der Waals surface area contributed by atoms with Crippen molar-refractivity contribution in [3.63, 3.8) is 0 Å². The molecule has 156 valence electrons. The van der Waals surface area contributed by atoms with Crippen LogP contribution >= 0.6 is 0 Å². The summed E-state index contributed by atoms with van der Waals surface area (Å²) in [5.74, 6) is -0.518. The van der Waals surface area contributed by atoms with Crippen molar-refractivity contribution in [1.29, 1.82) is 0 Å². The maximum absolute atomic E-state index is 13.2. The van der Waals surface area contributed by atoms with Crippen molar-refractivity contribution in [2.45, 2.75) is 37.5 Å². The molecule has 30 heavy (non-hydrogen) atoms. The van der Waals surface area contributed by atoms with Gasteiger partial charge in [0.05, 0.1) is 17.0 Å². The molecule has 2 N–H and O–H groups in total. The number of rotatable bonds is 3. The molecule has 6 nitrogen and oxygen atoms in total. The Morgan fingerprint density at radius 3 is 2.70 bits per heavy atom. The Morgan fingerprint density at radius 1 is 1.10 bits per heavy atom. The molecule has 0 amide bonds. The minimum Gasteiger partial charge on any atom is -0.383 e. The van der Waals surface area contributed by atoms with Gasteiger partial charge in [0.1, 0.15) is 5.82 Å². The molecule has 3 aromatic rings. The molecule has 1 atom stereocenters. The lowest BCUT2D eigenvalue weighted by Crippen LogP contribution is -2.29. The van der Waals surface area contributed by atoms with Gasteiger partial charge in [0.15, 0.2) is 0 Å². The number of nitrogen functional groups attached to an aromatic ring is 1. The van der Waals surface area contributed by atoms with Gasteiger partial charge in [0.2, 0.25) is 0 Å². The number of likely N-dealkylation sites (tertiary alicyclic amines) is 1. The smallest absolute Gasteiger partial charge is 0.383 e. The lowest BCUT2D eigenvalue weighted by atomic mass is 9.82. The number of alkyl halides is 3. The quantitative estimate of drug-likeness (QED) is 0.710. The molecule has 0 radical (unpaired) electrons. The highest BCUT2D eigenvalue weighted by molar-refractivity contribution is 5.63. The van der Waals surface area contributed by atoms with E-state index in [1.165, 1.54) is 6.20 Å². The number of nitrogens with zero attached hydrogens (tertiary/aromatic N) is 5. The molecule has 3 aromatic heterocycles. The van der Waals surface area contributed by atoms with Crippen molar-refractivity contribution >= 4 is 5.82 Å². The van der Waals surface area contributed by atoms with Gasteiger partial charge >= 0.3 is 6.18 Å². The van der Waals surface area contributed by atoms with Crippen LogP contribution in [0.2, 0.25) is 0 Å². The number of nitrogens with two attached hydrogens (primary N) is 1. The Kier molecular flexibility index (Phi) is 4.32. The van der Waals surface area contributed by atoms with E-state index in [0.29, 0.717) is 11.3 Å². The zero-order chi connectivity index (χ0) is 20.9. The van der Waals surface area contributed by atoms with E-state index in [1.54, 1.807) is 6.20 Å².